The summed E-state index contributed by atoms with van der Waals surface area (Å²) in [6, 6.07) is 54.1. The zero-order valence-electron chi connectivity index (χ0n) is 26.6. The molecule has 5 heteroatoms. The molecule has 0 aliphatic heterocycles. The van der Waals surface area contributed by atoms with E-state index in [9.17, 15) is 0 Å². The van der Waals surface area contributed by atoms with Gasteiger partial charge in [-0.3, -0.25) is 0 Å². The van der Waals surface area contributed by atoms with Gasteiger partial charge in [0.1, 0.15) is 11.2 Å². The summed E-state index contributed by atoms with van der Waals surface area (Å²) in [6.45, 7) is 0. The minimum Gasteiger partial charge on any atom is -0.456 e. The third kappa shape index (κ3) is 4.73. The molecule has 234 valence electrons. The van der Waals surface area contributed by atoms with Crippen molar-refractivity contribution < 1.29 is 4.42 Å². The van der Waals surface area contributed by atoms with Gasteiger partial charge in [-0.1, -0.05) is 133 Å². The average molecular weight is 660 g/mol. The monoisotopic (exact) mass is 659 g/mol. The lowest BCUT2D eigenvalue weighted by molar-refractivity contribution is 0.669. The number of nitrogens with zero attached hydrogens (tertiary/aromatic N) is 3. The largest absolute Gasteiger partial charge is 0.456 e. The highest BCUT2D eigenvalue weighted by molar-refractivity contribution is 6.32. The minimum absolute atomic E-state index is 0.574. The van der Waals surface area contributed by atoms with Crippen molar-refractivity contribution in [3.63, 3.8) is 0 Å². The predicted molar refractivity (Wildman–Crippen MR) is 206 cm³/mol. The molecule has 2 heterocycles. The van der Waals surface area contributed by atoms with Crippen molar-refractivity contribution in [2.45, 2.75) is 0 Å². The molecule has 0 radical (unpaired) electrons. The van der Waals surface area contributed by atoms with E-state index in [4.69, 9.17) is 31.0 Å². The molecule has 0 N–H and O–H groups in total. The zero-order chi connectivity index (χ0) is 33.2. The third-order valence-corrected chi connectivity index (χ3v) is 9.80. The highest BCUT2D eigenvalue weighted by Crippen LogP contribution is 2.39. The molecule has 0 atom stereocenters. The van der Waals surface area contributed by atoms with Crippen LogP contribution in [0.1, 0.15) is 0 Å². The van der Waals surface area contributed by atoms with Gasteiger partial charge in [0, 0.05) is 32.5 Å². The number of benzene rings is 8. The summed E-state index contributed by atoms with van der Waals surface area (Å²) < 4.78 is 6.44. The maximum atomic E-state index is 6.44. The maximum Gasteiger partial charge on any atom is 0.164 e. The van der Waals surface area contributed by atoms with Crippen LogP contribution in [0.2, 0.25) is 5.02 Å². The van der Waals surface area contributed by atoms with E-state index in [1.807, 2.05) is 36.4 Å². The molecule has 0 spiro atoms. The second-order valence-corrected chi connectivity index (χ2v) is 13.0. The first-order valence-electron chi connectivity index (χ1n) is 16.5. The zero-order valence-corrected chi connectivity index (χ0v) is 27.4. The lowest BCUT2D eigenvalue weighted by atomic mass is 9.97. The van der Waals surface area contributed by atoms with Crippen LogP contribution in [-0.2, 0) is 0 Å². The SMILES string of the molecule is Clc1ccc2ccc3oc4cc(-c5nc(-c6ccc(-c7ccccc7)cc6)nc(-c6cc7ccccc7c7ccccc67)n5)ccc4c3c2c1. The fourth-order valence-corrected chi connectivity index (χ4v) is 7.31. The van der Waals surface area contributed by atoms with Crippen LogP contribution < -0.4 is 0 Å². The molecule has 10 rings (SSSR count). The van der Waals surface area contributed by atoms with Gasteiger partial charge in [0.2, 0.25) is 0 Å². The van der Waals surface area contributed by atoms with E-state index in [0.717, 1.165) is 76.7 Å². The second kappa shape index (κ2) is 11.4. The van der Waals surface area contributed by atoms with E-state index < -0.39 is 0 Å². The Morgan fingerprint density at radius 3 is 1.86 bits per heavy atom. The van der Waals surface area contributed by atoms with Crippen LogP contribution in [0.4, 0.5) is 0 Å². The van der Waals surface area contributed by atoms with Gasteiger partial charge in [0.25, 0.3) is 0 Å². The summed E-state index contributed by atoms with van der Waals surface area (Å²) >= 11 is 6.43. The van der Waals surface area contributed by atoms with Crippen LogP contribution in [0.3, 0.4) is 0 Å². The fraction of sp³-hybridized carbons (Fsp3) is 0. The van der Waals surface area contributed by atoms with Crippen LogP contribution in [0.15, 0.2) is 162 Å². The number of fused-ring (bicyclic) bond motifs is 8. The maximum absolute atomic E-state index is 6.44. The van der Waals surface area contributed by atoms with Crippen molar-refractivity contribution in [2.75, 3.05) is 0 Å². The molecule has 0 saturated carbocycles. The minimum atomic E-state index is 0.574. The molecule has 0 aliphatic rings. The highest BCUT2D eigenvalue weighted by atomic mass is 35.5. The molecule has 0 fully saturated rings. The standard InChI is InChI=1S/C45H26ClN3O/c46-33-21-18-29-20-23-40-42(38(29)26-33)37-22-19-32(25-41(37)50-40)44-47-43(30-16-14-28(15-17-30)27-8-2-1-3-9-27)48-45(49-44)39-24-31-10-4-5-11-34(31)35-12-6-7-13-36(35)39/h1-26H. The molecule has 0 amide bonds. The van der Waals surface area contributed by atoms with E-state index in [0.29, 0.717) is 22.5 Å². The van der Waals surface area contributed by atoms with Gasteiger partial charge in [0.15, 0.2) is 17.5 Å². The summed E-state index contributed by atoms with van der Waals surface area (Å²) in [5, 5.41) is 9.51. The predicted octanol–water partition coefficient (Wildman–Crippen LogP) is 12.6. The first kappa shape index (κ1) is 28.6. The van der Waals surface area contributed by atoms with Crippen LogP contribution in [-0.4, -0.2) is 15.0 Å². The van der Waals surface area contributed by atoms with Gasteiger partial charge < -0.3 is 4.42 Å². The molecule has 10 aromatic rings. The van der Waals surface area contributed by atoms with Gasteiger partial charge in [-0.2, -0.15) is 0 Å². The Morgan fingerprint density at radius 2 is 1.02 bits per heavy atom. The number of hydrogen-bond acceptors (Lipinski definition) is 4. The van der Waals surface area contributed by atoms with Crippen molar-refractivity contribution in [2.24, 2.45) is 0 Å². The summed E-state index contributed by atoms with van der Waals surface area (Å²) in [6.07, 6.45) is 0. The molecule has 0 saturated heterocycles. The lowest BCUT2D eigenvalue weighted by Crippen LogP contribution is -2.01. The molecule has 0 aliphatic carbocycles. The van der Waals surface area contributed by atoms with Crippen molar-refractivity contribution in [1.29, 1.82) is 0 Å². The third-order valence-electron chi connectivity index (χ3n) is 9.57. The van der Waals surface area contributed by atoms with Gasteiger partial charge in [-0.25, -0.2) is 15.0 Å². The van der Waals surface area contributed by atoms with Crippen molar-refractivity contribution >= 4 is 65.9 Å². The lowest BCUT2D eigenvalue weighted by Gasteiger charge is -2.12. The Morgan fingerprint density at radius 1 is 0.380 bits per heavy atom. The quantitative estimate of drug-likeness (QED) is 0.176. The first-order chi connectivity index (χ1) is 24.7. The number of halogens is 1. The molecular formula is C45H26ClN3O. The summed E-state index contributed by atoms with van der Waals surface area (Å²) in [5.41, 5.74) is 6.57. The Kier molecular flexibility index (Phi) is 6.51. The summed E-state index contributed by atoms with van der Waals surface area (Å²) in [5.74, 6) is 1.79. The Balaban J connectivity index is 1.19. The van der Waals surface area contributed by atoms with Crippen molar-refractivity contribution in [3.05, 3.63) is 163 Å². The molecular weight excluding hydrogens is 634 g/mol. The smallest absolute Gasteiger partial charge is 0.164 e. The van der Waals surface area contributed by atoms with Gasteiger partial charge in [-0.05, 0) is 79.8 Å². The molecule has 0 bridgehead atoms. The second-order valence-electron chi connectivity index (χ2n) is 12.6. The van der Waals surface area contributed by atoms with E-state index in [1.165, 1.54) is 5.39 Å². The number of furan rings is 1. The topological polar surface area (TPSA) is 51.8 Å². The Hall–Kier alpha value is -6.36. The van der Waals surface area contributed by atoms with Crippen LogP contribution in [0.25, 0.3) is 99.5 Å². The number of rotatable bonds is 4. The van der Waals surface area contributed by atoms with Crippen molar-refractivity contribution in [1.82, 2.24) is 15.0 Å². The van der Waals surface area contributed by atoms with E-state index in [1.54, 1.807) is 0 Å². The van der Waals surface area contributed by atoms with E-state index in [2.05, 4.69) is 121 Å². The van der Waals surface area contributed by atoms with Crippen LogP contribution in [0.5, 0.6) is 0 Å². The summed E-state index contributed by atoms with van der Waals surface area (Å²) in [7, 11) is 0. The van der Waals surface area contributed by atoms with Crippen LogP contribution >= 0.6 is 11.6 Å². The highest BCUT2D eigenvalue weighted by Gasteiger charge is 2.18. The molecule has 0 unspecified atom stereocenters. The van der Waals surface area contributed by atoms with Gasteiger partial charge in [0.05, 0.1) is 0 Å². The van der Waals surface area contributed by atoms with E-state index in [-0.39, 0.29) is 0 Å². The van der Waals surface area contributed by atoms with Gasteiger partial charge in [-0.15, -0.1) is 0 Å². The molecule has 2 aromatic heterocycles. The summed E-state index contributed by atoms with van der Waals surface area (Å²) in [4.78, 5) is 15.4. The molecule has 4 nitrogen and oxygen atoms in total. The average Bonchev–Trinajstić information content (AvgIpc) is 3.56. The first-order valence-corrected chi connectivity index (χ1v) is 16.9. The normalized spacial score (nSPS) is 11.7. The number of hydrogen-bond donors (Lipinski definition) is 0. The Bertz CT molecular complexity index is 2930. The molecule has 8 aromatic carbocycles. The number of aromatic nitrogens is 3. The van der Waals surface area contributed by atoms with E-state index >= 15 is 0 Å². The Labute approximate surface area is 292 Å². The van der Waals surface area contributed by atoms with Crippen molar-refractivity contribution in [3.8, 4) is 45.3 Å². The van der Waals surface area contributed by atoms with Crippen LogP contribution in [0, 0.1) is 0 Å². The van der Waals surface area contributed by atoms with Gasteiger partial charge >= 0.3 is 0 Å². The fourth-order valence-electron chi connectivity index (χ4n) is 7.14. The molecule has 50 heavy (non-hydrogen) atoms.